The van der Waals surface area contributed by atoms with Crippen LogP contribution in [0.3, 0.4) is 0 Å². The van der Waals surface area contributed by atoms with Crippen LogP contribution in [-0.4, -0.2) is 51.2 Å². The van der Waals surface area contributed by atoms with Crippen molar-refractivity contribution in [1.82, 2.24) is 0 Å². The molecule has 0 saturated heterocycles. The minimum atomic E-state index is -0.754. The van der Waals surface area contributed by atoms with Crippen LogP contribution in [0, 0.1) is 5.92 Å². The summed E-state index contributed by atoms with van der Waals surface area (Å²) < 4.78 is 22.5. The van der Waals surface area contributed by atoms with Crippen molar-refractivity contribution in [3.63, 3.8) is 0 Å². The van der Waals surface area contributed by atoms with Crippen molar-refractivity contribution in [2.24, 2.45) is 10.9 Å². The maximum Gasteiger partial charge on any atom is 0.336 e. The molecule has 1 aliphatic rings. The number of rotatable bonds is 23. The van der Waals surface area contributed by atoms with Crippen LogP contribution in [0.25, 0.3) is 0 Å². The Morgan fingerprint density at radius 2 is 1.36 bits per heavy atom. The van der Waals surface area contributed by atoms with E-state index in [2.05, 4.69) is 18.0 Å². The molecule has 0 saturated carbocycles. The lowest BCUT2D eigenvalue weighted by Gasteiger charge is -2.33. The number of ether oxygens (including phenoxy) is 4. The maximum absolute atomic E-state index is 13.5. The molecule has 2 rings (SSSR count). The average molecular weight is 614 g/mol. The van der Waals surface area contributed by atoms with Crippen LogP contribution in [-0.2, 0) is 30.2 Å². The molecule has 1 aromatic rings. The quantitative estimate of drug-likeness (QED) is 0.0905. The standard InChI is InChI=1S/C37H59NO6/c1-7-10-11-12-13-14-15-16-17-18-19-20-21-23-30-24-22-25-31(44-27-26-41-6)34(30)35-32(36(39)42-8-2)28(4)38-29(5)33(35)37(40)43-9-3/h22,24-25,32,35H,7-21,23,26-27H2,1-6H3. The van der Waals surface area contributed by atoms with Gasteiger partial charge in [0.25, 0.3) is 0 Å². The van der Waals surface area contributed by atoms with Crippen LogP contribution in [0.2, 0.25) is 0 Å². The van der Waals surface area contributed by atoms with Crippen molar-refractivity contribution in [2.75, 3.05) is 33.5 Å². The number of aliphatic imine (C=N–C) groups is 1. The van der Waals surface area contributed by atoms with Gasteiger partial charge in [0.15, 0.2) is 0 Å². The lowest BCUT2D eigenvalue weighted by molar-refractivity contribution is -0.146. The molecule has 1 heterocycles. The van der Waals surface area contributed by atoms with E-state index < -0.39 is 23.8 Å². The summed E-state index contributed by atoms with van der Waals surface area (Å²) in [6.07, 6.45) is 17.7. The second kappa shape index (κ2) is 21.9. The third-order valence-electron chi connectivity index (χ3n) is 8.43. The summed E-state index contributed by atoms with van der Waals surface area (Å²) in [6.45, 7) is 10.7. The van der Waals surface area contributed by atoms with E-state index in [1.165, 1.54) is 70.6 Å². The highest BCUT2D eigenvalue weighted by Crippen LogP contribution is 2.45. The monoisotopic (exact) mass is 613 g/mol. The van der Waals surface area contributed by atoms with Crippen molar-refractivity contribution in [2.45, 2.75) is 130 Å². The Kier molecular flexibility index (Phi) is 18.7. The minimum absolute atomic E-state index is 0.229. The Balaban J connectivity index is 2.22. The predicted molar refractivity (Wildman–Crippen MR) is 179 cm³/mol. The van der Waals surface area contributed by atoms with Crippen LogP contribution >= 0.6 is 0 Å². The summed E-state index contributed by atoms with van der Waals surface area (Å²) in [5.41, 5.74) is 3.50. The van der Waals surface area contributed by atoms with E-state index in [0.29, 0.717) is 35.9 Å². The molecule has 7 heteroatoms. The summed E-state index contributed by atoms with van der Waals surface area (Å²) in [5, 5.41) is 0. The molecular weight excluding hydrogens is 554 g/mol. The first-order valence-corrected chi connectivity index (χ1v) is 17.2. The Morgan fingerprint density at radius 3 is 1.93 bits per heavy atom. The third-order valence-corrected chi connectivity index (χ3v) is 8.43. The first-order chi connectivity index (χ1) is 21.4. The fourth-order valence-electron chi connectivity index (χ4n) is 6.21. The van der Waals surface area contributed by atoms with E-state index in [0.717, 1.165) is 30.4 Å². The van der Waals surface area contributed by atoms with E-state index in [1.807, 2.05) is 26.0 Å². The largest absolute Gasteiger partial charge is 0.491 e. The van der Waals surface area contributed by atoms with E-state index in [9.17, 15) is 9.59 Å². The number of nitrogens with zero attached hydrogens (tertiary/aromatic N) is 1. The molecule has 248 valence electrons. The lowest BCUT2D eigenvalue weighted by Crippen LogP contribution is -2.37. The number of carbonyl (C=O) groups is 2. The molecule has 0 N–H and O–H groups in total. The summed E-state index contributed by atoms with van der Waals surface area (Å²) >= 11 is 0. The summed E-state index contributed by atoms with van der Waals surface area (Å²) in [6, 6.07) is 6.01. The zero-order valence-electron chi connectivity index (χ0n) is 28.5. The number of carbonyl (C=O) groups excluding carboxylic acids is 2. The maximum atomic E-state index is 13.5. The average Bonchev–Trinajstić information content (AvgIpc) is 2.99. The van der Waals surface area contributed by atoms with Gasteiger partial charge in [-0.15, -0.1) is 0 Å². The van der Waals surface area contributed by atoms with Gasteiger partial charge < -0.3 is 18.9 Å². The van der Waals surface area contributed by atoms with E-state index in [1.54, 1.807) is 21.0 Å². The van der Waals surface area contributed by atoms with Gasteiger partial charge in [-0.2, -0.15) is 0 Å². The van der Waals surface area contributed by atoms with Crippen LogP contribution in [0.1, 0.15) is 135 Å². The highest BCUT2D eigenvalue weighted by atomic mass is 16.5. The van der Waals surface area contributed by atoms with Gasteiger partial charge in [-0.25, -0.2) is 4.79 Å². The number of aryl methyl sites for hydroxylation is 1. The third kappa shape index (κ3) is 12.0. The van der Waals surface area contributed by atoms with Crippen molar-refractivity contribution in [1.29, 1.82) is 0 Å². The minimum Gasteiger partial charge on any atom is -0.491 e. The molecule has 0 aromatic heterocycles. The molecule has 2 unspecified atom stereocenters. The molecule has 0 spiro atoms. The van der Waals surface area contributed by atoms with Gasteiger partial charge in [-0.3, -0.25) is 9.79 Å². The summed E-state index contributed by atoms with van der Waals surface area (Å²) in [4.78, 5) is 31.5. The van der Waals surface area contributed by atoms with Gasteiger partial charge in [0.1, 0.15) is 18.3 Å². The Morgan fingerprint density at radius 1 is 0.773 bits per heavy atom. The molecule has 2 atom stereocenters. The van der Waals surface area contributed by atoms with Crippen LogP contribution < -0.4 is 4.74 Å². The van der Waals surface area contributed by atoms with E-state index in [4.69, 9.17) is 18.9 Å². The topological polar surface area (TPSA) is 83.4 Å². The van der Waals surface area contributed by atoms with Crippen molar-refractivity contribution in [3.8, 4) is 5.75 Å². The number of esters is 2. The van der Waals surface area contributed by atoms with Crippen LogP contribution in [0.5, 0.6) is 5.75 Å². The molecule has 0 aliphatic carbocycles. The number of hydrogen-bond donors (Lipinski definition) is 0. The zero-order valence-corrected chi connectivity index (χ0v) is 28.5. The second-order valence-corrected chi connectivity index (χ2v) is 11.8. The number of benzene rings is 1. The van der Waals surface area contributed by atoms with Crippen molar-refractivity contribution in [3.05, 3.63) is 40.6 Å². The number of hydrogen-bond acceptors (Lipinski definition) is 7. The highest BCUT2D eigenvalue weighted by molar-refractivity contribution is 6.07. The summed E-state index contributed by atoms with van der Waals surface area (Å²) in [7, 11) is 1.64. The van der Waals surface area contributed by atoms with Gasteiger partial charge in [0.05, 0.1) is 25.4 Å². The van der Waals surface area contributed by atoms with Crippen LogP contribution in [0.4, 0.5) is 0 Å². The zero-order chi connectivity index (χ0) is 32.2. The first-order valence-electron chi connectivity index (χ1n) is 17.2. The molecule has 0 radical (unpaired) electrons. The van der Waals surface area contributed by atoms with E-state index in [-0.39, 0.29) is 13.2 Å². The molecule has 0 amide bonds. The van der Waals surface area contributed by atoms with Crippen molar-refractivity contribution < 1.29 is 28.5 Å². The fraction of sp³-hybridized carbons (Fsp3) is 0.703. The number of methoxy groups -OCH3 is 1. The molecule has 7 nitrogen and oxygen atoms in total. The highest BCUT2D eigenvalue weighted by Gasteiger charge is 2.44. The lowest BCUT2D eigenvalue weighted by atomic mass is 9.73. The van der Waals surface area contributed by atoms with E-state index >= 15 is 0 Å². The normalized spacial score (nSPS) is 16.5. The van der Waals surface area contributed by atoms with Gasteiger partial charge in [0.2, 0.25) is 0 Å². The fourth-order valence-corrected chi connectivity index (χ4v) is 6.21. The first kappa shape index (κ1) is 37.5. The SMILES string of the molecule is CCCCCCCCCCCCCCCc1cccc(OCCOC)c1C1C(C(=O)OCC)=C(C)N=C(C)C1C(=O)OCC. The summed E-state index contributed by atoms with van der Waals surface area (Å²) in [5.74, 6) is -1.58. The second-order valence-electron chi connectivity index (χ2n) is 11.8. The number of unbranched alkanes of at least 4 members (excludes halogenated alkanes) is 12. The number of allylic oxidation sites excluding steroid dienone is 1. The van der Waals surface area contributed by atoms with Crippen LogP contribution in [0.15, 0.2) is 34.5 Å². The Bertz CT molecular complexity index is 1060. The Labute approximate surface area is 267 Å². The van der Waals surface area contributed by atoms with Gasteiger partial charge in [-0.1, -0.05) is 96.1 Å². The smallest absolute Gasteiger partial charge is 0.336 e. The molecule has 44 heavy (non-hydrogen) atoms. The molecule has 0 fully saturated rings. The van der Waals surface area contributed by atoms with Gasteiger partial charge >= 0.3 is 11.9 Å². The molecule has 0 bridgehead atoms. The van der Waals surface area contributed by atoms with Gasteiger partial charge in [0, 0.05) is 30.0 Å². The molecular formula is C37H59NO6. The molecule has 1 aromatic carbocycles. The Hall–Kier alpha value is -2.67. The predicted octanol–water partition coefficient (Wildman–Crippen LogP) is 8.92. The molecule has 1 aliphatic heterocycles. The van der Waals surface area contributed by atoms with Crippen molar-refractivity contribution >= 4 is 17.7 Å². The van der Waals surface area contributed by atoms with Gasteiger partial charge in [-0.05, 0) is 52.2 Å².